The van der Waals surface area contributed by atoms with Gasteiger partial charge in [-0.25, -0.2) is 0 Å². The number of carbonyl (C=O) groups excluding carboxylic acids is 1. The maximum absolute atomic E-state index is 12.1. The minimum absolute atomic E-state index is 0.156. The third kappa shape index (κ3) is 2.75. The van der Waals surface area contributed by atoms with Gasteiger partial charge in [0.05, 0.1) is 24.6 Å². The van der Waals surface area contributed by atoms with Gasteiger partial charge in [0.15, 0.2) is 0 Å². The van der Waals surface area contributed by atoms with Crippen LogP contribution in [0.5, 0.6) is 0 Å². The number of hydrogen-bond donors (Lipinski definition) is 3. The first-order chi connectivity index (χ1) is 8.02. The molecule has 96 valence electrons. The molecule has 1 rings (SSSR count). The van der Waals surface area contributed by atoms with Gasteiger partial charge in [-0.1, -0.05) is 0 Å². The summed E-state index contributed by atoms with van der Waals surface area (Å²) in [5.74, 6) is -0.339. The number of aromatic nitrogens is 2. The minimum Gasteiger partial charge on any atom is -0.395 e. The van der Waals surface area contributed by atoms with E-state index in [1.807, 2.05) is 0 Å². The molecule has 0 aliphatic rings. The average Bonchev–Trinajstić information content (AvgIpc) is 2.52. The number of aliphatic hydroxyl groups excluding tert-OH is 2. The van der Waals surface area contributed by atoms with Crippen LogP contribution in [0.4, 0.5) is 5.69 Å². The molecule has 0 bridgehead atoms. The van der Waals surface area contributed by atoms with E-state index in [-0.39, 0.29) is 37.9 Å². The number of nitrogen functional groups attached to an aromatic ring is 1. The molecule has 0 aliphatic heterocycles. The Morgan fingerprint density at radius 3 is 2.29 bits per heavy atom. The summed E-state index contributed by atoms with van der Waals surface area (Å²) in [5, 5.41) is 21.8. The lowest BCUT2D eigenvalue weighted by Gasteiger charge is -2.20. The molecule has 1 aromatic rings. The molecule has 7 heteroatoms. The van der Waals surface area contributed by atoms with Gasteiger partial charge in [-0.15, -0.1) is 0 Å². The van der Waals surface area contributed by atoms with Gasteiger partial charge in [0.25, 0.3) is 5.91 Å². The van der Waals surface area contributed by atoms with Crippen LogP contribution in [0.3, 0.4) is 0 Å². The molecule has 4 N–H and O–H groups in total. The fourth-order valence-electron chi connectivity index (χ4n) is 1.63. The van der Waals surface area contributed by atoms with E-state index in [4.69, 9.17) is 15.9 Å². The number of hydrogen-bond acceptors (Lipinski definition) is 5. The van der Waals surface area contributed by atoms with Crippen molar-refractivity contribution in [2.45, 2.75) is 6.92 Å². The largest absolute Gasteiger partial charge is 0.395 e. The first-order valence-corrected chi connectivity index (χ1v) is 5.33. The van der Waals surface area contributed by atoms with Crippen LogP contribution < -0.4 is 5.73 Å². The Hall–Kier alpha value is -1.60. The summed E-state index contributed by atoms with van der Waals surface area (Å²) in [6.45, 7) is 1.70. The summed E-state index contributed by atoms with van der Waals surface area (Å²) in [7, 11) is 1.63. The Morgan fingerprint density at radius 1 is 1.41 bits per heavy atom. The molecule has 0 saturated heterocycles. The molecular formula is C10H18N4O3. The van der Waals surface area contributed by atoms with Gasteiger partial charge in [0.2, 0.25) is 0 Å². The highest BCUT2D eigenvalue weighted by molar-refractivity contribution is 5.98. The van der Waals surface area contributed by atoms with Crippen molar-refractivity contribution < 1.29 is 15.0 Å². The summed E-state index contributed by atoms with van der Waals surface area (Å²) < 4.78 is 1.41. The number of rotatable bonds is 5. The summed E-state index contributed by atoms with van der Waals surface area (Å²) in [6.07, 6.45) is 0. The highest BCUT2D eigenvalue weighted by atomic mass is 16.3. The lowest BCUT2D eigenvalue weighted by molar-refractivity contribution is 0.0675. The van der Waals surface area contributed by atoms with Gasteiger partial charge in [-0.3, -0.25) is 9.48 Å². The van der Waals surface area contributed by atoms with Crippen molar-refractivity contribution >= 4 is 11.6 Å². The fourth-order valence-corrected chi connectivity index (χ4v) is 1.63. The Kier molecular flexibility index (Phi) is 4.47. The van der Waals surface area contributed by atoms with Gasteiger partial charge in [0, 0.05) is 20.1 Å². The predicted octanol–water partition coefficient (Wildman–Crippen LogP) is -1.26. The smallest absolute Gasteiger partial charge is 0.274 e. The quantitative estimate of drug-likeness (QED) is 0.597. The van der Waals surface area contributed by atoms with E-state index in [9.17, 15) is 4.79 Å². The molecule has 0 atom stereocenters. The summed E-state index contributed by atoms with van der Waals surface area (Å²) in [4.78, 5) is 13.5. The van der Waals surface area contributed by atoms with Gasteiger partial charge in [0.1, 0.15) is 5.69 Å². The van der Waals surface area contributed by atoms with Gasteiger partial charge in [-0.2, -0.15) is 5.10 Å². The number of nitrogens with two attached hydrogens (primary N) is 1. The van der Waals surface area contributed by atoms with E-state index in [2.05, 4.69) is 5.10 Å². The average molecular weight is 242 g/mol. The third-order valence-corrected chi connectivity index (χ3v) is 2.50. The van der Waals surface area contributed by atoms with E-state index < -0.39 is 0 Å². The van der Waals surface area contributed by atoms with E-state index in [0.29, 0.717) is 11.4 Å². The second-order valence-corrected chi connectivity index (χ2v) is 3.71. The maximum Gasteiger partial charge on any atom is 0.274 e. The first kappa shape index (κ1) is 13.5. The molecule has 1 amide bonds. The maximum atomic E-state index is 12.1. The monoisotopic (exact) mass is 242 g/mol. The molecule has 0 saturated carbocycles. The summed E-state index contributed by atoms with van der Waals surface area (Å²) in [6, 6.07) is 0. The van der Waals surface area contributed by atoms with Crippen molar-refractivity contribution in [2.75, 3.05) is 32.0 Å². The van der Waals surface area contributed by atoms with Crippen LogP contribution in [0.15, 0.2) is 0 Å². The minimum atomic E-state index is -0.339. The molecule has 0 fully saturated rings. The number of anilines is 1. The zero-order valence-electron chi connectivity index (χ0n) is 10.1. The molecule has 0 unspecified atom stereocenters. The zero-order chi connectivity index (χ0) is 13.0. The molecular weight excluding hydrogens is 224 g/mol. The molecule has 0 spiro atoms. The van der Waals surface area contributed by atoms with E-state index in [1.165, 1.54) is 9.58 Å². The van der Waals surface area contributed by atoms with Crippen LogP contribution in [0.25, 0.3) is 0 Å². The number of amides is 1. The second kappa shape index (κ2) is 5.65. The van der Waals surface area contributed by atoms with Crippen LogP contribution in [-0.2, 0) is 7.05 Å². The Bertz CT molecular complexity index is 397. The lowest BCUT2D eigenvalue weighted by Crippen LogP contribution is -2.37. The van der Waals surface area contributed by atoms with Crippen LogP contribution in [-0.4, -0.2) is 57.1 Å². The second-order valence-electron chi connectivity index (χ2n) is 3.71. The Balaban J connectivity index is 3.00. The van der Waals surface area contributed by atoms with Crippen molar-refractivity contribution in [3.8, 4) is 0 Å². The molecule has 0 aromatic carbocycles. The van der Waals surface area contributed by atoms with Crippen LogP contribution in [0.1, 0.15) is 16.2 Å². The molecule has 0 aliphatic carbocycles. The molecule has 7 nitrogen and oxygen atoms in total. The predicted molar refractivity (Wildman–Crippen MR) is 62.4 cm³/mol. The summed E-state index contributed by atoms with van der Waals surface area (Å²) >= 11 is 0. The number of aliphatic hydroxyl groups is 2. The molecule has 1 aromatic heterocycles. The molecule has 17 heavy (non-hydrogen) atoms. The SMILES string of the molecule is Cc1nn(C)c(C(=O)N(CCO)CCO)c1N. The topological polar surface area (TPSA) is 105 Å². The fraction of sp³-hybridized carbons (Fsp3) is 0.600. The summed E-state index contributed by atoms with van der Waals surface area (Å²) in [5.41, 5.74) is 6.98. The van der Waals surface area contributed by atoms with Gasteiger partial charge < -0.3 is 20.8 Å². The van der Waals surface area contributed by atoms with Gasteiger partial charge >= 0.3 is 0 Å². The van der Waals surface area contributed by atoms with Crippen molar-refractivity contribution in [3.05, 3.63) is 11.4 Å². The van der Waals surface area contributed by atoms with Crippen LogP contribution in [0, 0.1) is 6.92 Å². The van der Waals surface area contributed by atoms with Crippen LogP contribution >= 0.6 is 0 Å². The van der Waals surface area contributed by atoms with Crippen molar-refractivity contribution in [1.29, 1.82) is 0 Å². The standard InChI is InChI=1S/C10H18N4O3/c1-7-8(11)9(13(2)12-7)10(17)14(3-5-15)4-6-16/h15-16H,3-6,11H2,1-2H3. The van der Waals surface area contributed by atoms with Gasteiger partial charge in [-0.05, 0) is 6.92 Å². The highest BCUT2D eigenvalue weighted by Gasteiger charge is 2.22. The lowest BCUT2D eigenvalue weighted by atomic mass is 10.2. The zero-order valence-corrected chi connectivity index (χ0v) is 10.1. The van der Waals surface area contributed by atoms with Crippen molar-refractivity contribution in [3.63, 3.8) is 0 Å². The highest BCUT2D eigenvalue weighted by Crippen LogP contribution is 2.17. The van der Waals surface area contributed by atoms with Crippen LogP contribution in [0.2, 0.25) is 0 Å². The number of aryl methyl sites for hydroxylation is 2. The van der Waals surface area contributed by atoms with Crippen molar-refractivity contribution in [1.82, 2.24) is 14.7 Å². The van der Waals surface area contributed by atoms with E-state index >= 15 is 0 Å². The number of carbonyl (C=O) groups is 1. The Labute approximate surface area is 99.4 Å². The van der Waals surface area contributed by atoms with Crippen molar-refractivity contribution in [2.24, 2.45) is 7.05 Å². The van der Waals surface area contributed by atoms with E-state index in [0.717, 1.165) is 0 Å². The van der Waals surface area contributed by atoms with E-state index in [1.54, 1.807) is 14.0 Å². The number of nitrogens with zero attached hydrogens (tertiary/aromatic N) is 3. The third-order valence-electron chi connectivity index (χ3n) is 2.50. The Morgan fingerprint density at radius 2 is 1.94 bits per heavy atom. The normalized spacial score (nSPS) is 10.6. The molecule has 1 heterocycles. The molecule has 0 radical (unpaired) electrons. The first-order valence-electron chi connectivity index (χ1n) is 5.33.